The van der Waals surface area contributed by atoms with Gasteiger partial charge in [-0.2, -0.15) is 0 Å². The predicted molar refractivity (Wildman–Crippen MR) is 103 cm³/mol. The number of imide groups is 1. The van der Waals surface area contributed by atoms with Crippen LogP contribution in [0.3, 0.4) is 0 Å². The minimum absolute atomic E-state index is 0.185. The van der Waals surface area contributed by atoms with Gasteiger partial charge in [0.25, 0.3) is 11.1 Å². The minimum Gasteiger partial charge on any atom is -0.497 e. The average Bonchev–Trinajstić information content (AvgIpc) is 2.89. The molecule has 0 spiro atoms. The van der Waals surface area contributed by atoms with Crippen LogP contribution in [0.5, 0.6) is 11.5 Å². The first-order chi connectivity index (χ1) is 12.5. The number of hydrogen-bond donors (Lipinski definition) is 0. The molecule has 3 rings (SSSR count). The molecule has 2 aromatic carbocycles. The van der Waals surface area contributed by atoms with Crippen LogP contribution >= 0.6 is 23.4 Å². The third kappa shape index (κ3) is 4.03. The topological polar surface area (TPSA) is 55.8 Å². The Morgan fingerprint density at radius 3 is 2.38 bits per heavy atom. The molecule has 26 heavy (non-hydrogen) atoms. The highest BCUT2D eigenvalue weighted by atomic mass is 35.5. The molecule has 134 valence electrons. The Morgan fingerprint density at radius 2 is 1.77 bits per heavy atom. The summed E-state index contributed by atoms with van der Waals surface area (Å²) in [5, 5.41) is 0.254. The Bertz CT molecular complexity index is 875. The van der Waals surface area contributed by atoms with Crippen LogP contribution in [0, 0.1) is 0 Å². The number of benzene rings is 2. The molecule has 1 heterocycles. The number of nitrogens with zero attached hydrogens (tertiary/aromatic N) is 1. The molecule has 1 aliphatic rings. The molecule has 0 atom stereocenters. The Hall–Kier alpha value is -2.44. The van der Waals surface area contributed by atoms with Crippen molar-refractivity contribution in [3.8, 4) is 11.5 Å². The van der Waals surface area contributed by atoms with Crippen molar-refractivity contribution in [1.82, 2.24) is 4.90 Å². The number of carbonyl (C=O) groups is 2. The molecule has 1 aliphatic heterocycles. The summed E-state index contributed by atoms with van der Waals surface area (Å²) in [5.41, 5.74) is 1.51. The third-order valence-corrected chi connectivity index (χ3v) is 4.92. The van der Waals surface area contributed by atoms with Crippen LogP contribution < -0.4 is 9.47 Å². The van der Waals surface area contributed by atoms with E-state index in [1.807, 2.05) is 6.07 Å². The van der Waals surface area contributed by atoms with E-state index in [0.29, 0.717) is 21.4 Å². The Balaban J connectivity index is 1.85. The molecule has 0 aliphatic carbocycles. The summed E-state index contributed by atoms with van der Waals surface area (Å²) in [7, 11) is 3.11. The van der Waals surface area contributed by atoms with E-state index in [-0.39, 0.29) is 17.7 Å². The lowest BCUT2D eigenvalue weighted by Gasteiger charge is -2.12. The molecule has 5 nitrogen and oxygen atoms in total. The monoisotopic (exact) mass is 389 g/mol. The van der Waals surface area contributed by atoms with E-state index in [4.69, 9.17) is 21.1 Å². The fraction of sp³-hybridized carbons (Fsp3) is 0.158. The van der Waals surface area contributed by atoms with Crippen molar-refractivity contribution in [3.63, 3.8) is 0 Å². The van der Waals surface area contributed by atoms with Gasteiger partial charge in [0.05, 0.1) is 25.7 Å². The predicted octanol–water partition coefficient (Wildman–Crippen LogP) is 4.59. The number of carbonyl (C=O) groups excluding carboxylic acids is 2. The van der Waals surface area contributed by atoms with Gasteiger partial charge in [0.1, 0.15) is 11.5 Å². The second kappa shape index (κ2) is 7.85. The Morgan fingerprint density at radius 1 is 1.08 bits per heavy atom. The van der Waals surface area contributed by atoms with E-state index < -0.39 is 0 Å². The molecule has 1 fully saturated rings. The van der Waals surface area contributed by atoms with Crippen molar-refractivity contribution in [2.24, 2.45) is 0 Å². The SMILES string of the molecule is COc1cc(/C=C2\SC(=O)N(Cc3cccc(Cl)c3)C2=O)cc(OC)c1. The normalized spacial score (nSPS) is 15.7. The molecular formula is C19H16ClNO4S. The lowest BCUT2D eigenvalue weighted by atomic mass is 10.1. The van der Waals surface area contributed by atoms with Crippen molar-refractivity contribution in [2.45, 2.75) is 6.54 Å². The van der Waals surface area contributed by atoms with Crippen LogP contribution in [-0.2, 0) is 11.3 Å². The van der Waals surface area contributed by atoms with Gasteiger partial charge in [-0.25, -0.2) is 0 Å². The van der Waals surface area contributed by atoms with Gasteiger partial charge in [0.15, 0.2) is 0 Å². The number of ether oxygens (including phenoxy) is 2. The molecule has 2 aromatic rings. The highest BCUT2D eigenvalue weighted by molar-refractivity contribution is 8.18. The molecule has 7 heteroatoms. The second-order valence-electron chi connectivity index (χ2n) is 5.54. The molecule has 0 aromatic heterocycles. The zero-order valence-corrected chi connectivity index (χ0v) is 15.8. The van der Waals surface area contributed by atoms with Crippen LogP contribution in [-0.4, -0.2) is 30.3 Å². The molecule has 0 N–H and O–H groups in total. The fourth-order valence-electron chi connectivity index (χ4n) is 2.52. The van der Waals surface area contributed by atoms with Crippen LogP contribution in [0.25, 0.3) is 6.08 Å². The Labute approximate surface area is 160 Å². The number of rotatable bonds is 5. The standard InChI is InChI=1S/C19H16ClNO4S/c1-24-15-7-13(8-16(10-15)25-2)9-17-18(22)21(19(23)26-17)11-12-4-3-5-14(20)6-12/h3-10H,11H2,1-2H3/b17-9-. The van der Waals surface area contributed by atoms with E-state index in [9.17, 15) is 9.59 Å². The van der Waals surface area contributed by atoms with E-state index in [2.05, 4.69) is 0 Å². The largest absolute Gasteiger partial charge is 0.497 e. The first-order valence-electron chi connectivity index (χ1n) is 7.73. The van der Waals surface area contributed by atoms with Crippen molar-refractivity contribution < 1.29 is 19.1 Å². The summed E-state index contributed by atoms with van der Waals surface area (Å²) in [6, 6.07) is 12.4. The maximum Gasteiger partial charge on any atom is 0.293 e. The maximum absolute atomic E-state index is 12.6. The molecular weight excluding hydrogens is 374 g/mol. The summed E-state index contributed by atoms with van der Waals surface area (Å²) in [4.78, 5) is 26.5. The lowest BCUT2D eigenvalue weighted by molar-refractivity contribution is -0.123. The first-order valence-corrected chi connectivity index (χ1v) is 8.92. The number of halogens is 1. The van der Waals surface area contributed by atoms with Gasteiger partial charge in [-0.3, -0.25) is 14.5 Å². The molecule has 0 saturated carbocycles. The van der Waals surface area contributed by atoms with Gasteiger partial charge in [-0.1, -0.05) is 23.7 Å². The smallest absolute Gasteiger partial charge is 0.293 e. The van der Waals surface area contributed by atoms with E-state index in [1.54, 1.807) is 56.7 Å². The quantitative estimate of drug-likeness (QED) is 0.700. The summed E-state index contributed by atoms with van der Waals surface area (Å²) < 4.78 is 10.5. The second-order valence-corrected chi connectivity index (χ2v) is 6.97. The van der Waals surface area contributed by atoms with Crippen LogP contribution in [0.15, 0.2) is 47.4 Å². The maximum atomic E-state index is 12.6. The summed E-state index contributed by atoms with van der Waals surface area (Å²) in [6.07, 6.45) is 1.66. The summed E-state index contributed by atoms with van der Waals surface area (Å²) in [6.45, 7) is 0.185. The number of amides is 2. The zero-order valence-electron chi connectivity index (χ0n) is 14.2. The van der Waals surface area contributed by atoms with Crippen molar-refractivity contribution in [1.29, 1.82) is 0 Å². The van der Waals surface area contributed by atoms with Gasteiger partial charge in [-0.05, 0) is 53.2 Å². The number of thioether (sulfide) groups is 1. The average molecular weight is 390 g/mol. The molecule has 0 unspecified atom stereocenters. The third-order valence-electron chi connectivity index (χ3n) is 3.77. The van der Waals surface area contributed by atoms with Gasteiger partial charge in [-0.15, -0.1) is 0 Å². The van der Waals surface area contributed by atoms with Crippen molar-refractivity contribution >= 4 is 40.6 Å². The van der Waals surface area contributed by atoms with E-state index in [0.717, 1.165) is 22.9 Å². The fourth-order valence-corrected chi connectivity index (χ4v) is 3.57. The van der Waals surface area contributed by atoms with Gasteiger partial charge < -0.3 is 9.47 Å². The number of methoxy groups -OCH3 is 2. The van der Waals surface area contributed by atoms with Gasteiger partial charge in [0, 0.05) is 11.1 Å². The van der Waals surface area contributed by atoms with Gasteiger partial charge in [0.2, 0.25) is 0 Å². The molecule has 2 amide bonds. The first kappa shape index (κ1) is 18.4. The van der Waals surface area contributed by atoms with Crippen LogP contribution in [0.4, 0.5) is 4.79 Å². The van der Waals surface area contributed by atoms with Crippen LogP contribution in [0.1, 0.15) is 11.1 Å². The lowest BCUT2D eigenvalue weighted by Crippen LogP contribution is -2.27. The summed E-state index contributed by atoms with van der Waals surface area (Å²) >= 11 is 6.88. The number of hydrogen-bond acceptors (Lipinski definition) is 5. The van der Waals surface area contributed by atoms with Crippen molar-refractivity contribution in [2.75, 3.05) is 14.2 Å². The van der Waals surface area contributed by atoms with Crippen LogP contribution in [0.2, 0.25) is 5.02 Å². The zero-order chi connectivity index (χ0) is 18.7. The molecule has 0 bridgehead atoms. The summed E-state index contributed by atoms with van der Waals surface area (Å²) in [5.74, 6) is 0.879. The molecule has 0 radical (unpaired) electrons. The van der Waals surface area contributed by atoms with Crippen molar-refractivity contribution in [3.05, 3.63) is 63.5 Å². The van der Waals surface area contributed by atoms with E-state index >= 15 is 0 Å². The Kier molecular flexibility index (Phi) is 5.54. The highest BCUT2D eigenvalue weighted by Gasteiger charge is 2.35. The molecule has 1 saturated heterocycles. The minimum atomic E-state index is -0.332. The van der Waals surface area contributed by atoms with E-state index in [1.165, 1.54) is 4.90 Å². The highest BCUT2D eigenvalue weighted by Crippen LogP contribution is 2.34. The van der Waals surface area contributed by atoms with Gasteiger partial charge >= 0.3 is 0 Å².